The van der Waals surface area contributed by atoms with Gasteiger partial charge in [0.25, 0.3) is 0 Å². The summed E-state index contributed by atoms with van der Waals surface area (Å²) in [5.41, 5.74) is 2.29. The van der Waals surface area contributed by atoms with Crippen molar-refractivity contribution in [1.82, 2.24) is 9.38 Å². The van der Waals surface area contributed by atoms with E-state index in [4.69, 9.17) is 11.6 Å². The molecule has 0 aliphatic carbocycles. The van der Waals surface area contributed by atoms with E-state index in [9.17, 15) is 0 Å². The summed E-state index contributed by atoms with van der Waals surface area (Å²) in [6.45, 7) is 0. The molecule has 0 amide bonds. The third-order valence-corrected chi connectivity index (χ3v) is 3.00. The lowest BCUT2D eigenvalue weighted by Gasteiger charge is -2.02. The summed E-state index contributed by atoms with van der Waals surface area (Å²) in [6.07, 6.45) is 4.71. The first-order chi connectivity index (χ1) is 8.33. The van der Waals surface area contributed by atoms with Crippen LogP contribution in [0.25, 0.3) is 5.52 Å². The highest BCUT2D eigenvalue weighted by molar-refractivity contribution is 6.30. The number of hydrogen-bond donors (Lipinski definition) is 0. The van der Waals surface area contributed by atoms with Crippen LogP contribution in [0.5, 0.6) is 0 Å². The second kappa shape index (κ2) is 4.22. The quantitative estimate of drug-likeness (QED) is 0.672. The van der Waals surface area contributed by atoms with E-state index >= 15 is 0 Å². The largest absolute Gasteiger partial charge is 0.303 e. The van der Waals surface area contributed by atoms with Gasteiger partial charge in [-0.25, -0.2) is 4.98 Å². The van der Waals surface area contributed by atoms with Crippen LogP contribution >= 0.6 is 11.6 Å². The van der Waals surface area contributed by atoms with E-state index in [1.54, 1.807) is 0 Å². The molecule has 0 saturated heterocycles. The predicted molar refractivity (Wildman–Crippen MR) is 69.5 cm³/mol. The first-order valence-electron chi connectivity index (χ1n) is 5.48. The maximum Gasteiger partial charge on any atom is 0.117 e. The molecule has 2 aromatic heterocycles. The average Bonchev–Trinajstić information content (AvgIpc) is 2.73. The van der Waals surface area contributed by atoms with Crippen molar-refractivity contribution in [3.05, 3.63) is 71.3 Å². The molecule has 0 spiro atoms. The molecular formula is C14H11ClN2. The van der Waals surface area contributed by atoms with Gasteiger partial charge in [-0.3, -0.25) is 0 Å². The summed E-state index contributed by atoms with van der Waals surface area (Å²) in [4.78, 5) is 4.44. The monoisotopic (exact) mass is 242 g/mol. The van der Waals surface area contributed by atoms with Crippen LogP contribution in [-0.2, 0) is 6.42 Å². The number of nitrogens with zero attached hydrogens (tertiary/aromatic N) is 2. The van der Waals surface area contributed by atoms with Gasteiger partial charge in [0.15, 0.2) is 0 Å². The Hall–Kier alpha value is -1.80. The van der Waals surface area contributed by atoms with Gasteiger partial charge in [0.1, 0.15) is 5.82 Å². The smallest absolute Gasteiger partial charge is 0.117 e. The maximum atomic E-state index is 5.98. The molecule has 2 heterocycles. The zero-order chi connectivity index (χ0) is 11.7. The van der Waals surface area contributed by atoms with E-state index in [1.165, 1.54) is 5.56 Å². The highest BCUT2D eigenvalue weighted by Crippen LogP contribution is 2.15. The van der Waals surface area contributed by atoms with Crippen LogP contribution in [0.3, 0.4) is 0 Å². The molecule has 3 aromatic rings. The number of hydrogen-bond acceptors (Lipinski definition) is 1. The number of rotatable bonds is 2. The molecule has 17 heavy (non-hydrogen) atoms. The van der Waals surface area contributed by atoms with Gasteiger partial charge in [0.2, 0.25) is 0 Å². The number of pyridine rings is 1. The summed E-state index contributed by atoms with van der Waals surface area (Å²) in [5, 5.41) is 0.767. The molecule has 0 atom stereocenters. The average molecular weight is 243 g/mol. The molecule has 84 valence electrons. The molecule has 0 unspecified atom stereocenters. The summed E-state index contributed by atoms with van der Waals surface area (Å²) in [5.74, 6) is 1.03. The van der Waals surface area contributed by atoms with E-state index in [2.05, 4.69) is 21.5 Å². The topological polar surface area (TPSA) is 17.3 Å². The van der Waals surface area contributed by atoms with Gasteiger partial charge < -0.3 is 4.40 Å². The molecule has 0 saturated carbocycles. The highest BCUT2D eigenvalue weighted by Gasteiger charge is 2.04. The van der Waals surface area contributed by atoms with Crippen LogP contribution < -0.4 is 0 Å². The molecule has 2 nitrogen and oxygen atoms in total. The molecule has 0 radical (unpaired) electrons. The summed E-state index contributed by atoms with van der Waals surface area (Å²) in [7, 11) is 0. The SMILES string of the molecule is Clc1cccc(Cc2ncc3ccccn23)c1. The molecule has 0 bridgehead atoms. The van der Waals surface area contributed by atoms with Gasteiger partial charge in [-0.05, 0) is 29.8 Å². The lowest BCUT2D eigenvalue weighted by atomic mass is 10.1. The van der Waals surface area contributed by atoms with Gasteiger partial charge in [-0.2, -0.15) is 0 Å². The van der Waals surface area contributed by atoms with Crippen LogP contribution in [-0.4, -0.2) is 9.38 Å². The van der Waals surface area contributed by atoms with Crippen molar-refractivity contribution in [2.75, 3.05) is 0 Å². The van der Waals surface area contributed by atoms with Crippen molar-refractivity contribution in [1.29, 1.82) is 0 Å². The van der Waals surface area contributed by atoms with Gasteiger partial charge in [-0.1, -0.05) is 29.8 Å². The summed E-state index contributed by atoms with van der Waals surface area (Å²) < 4.78 is 2.10. The molecule has 0 fully saturated rings. The Bertz CT molecular complexity index is 658. The van der Waals surface area contributed by atoms with Crippen LogP contribution in [0.15, 0.2) is 54.9 Å². The minimum Gasteiger partial charge on any atom is -0.303 e. The Morgan fingerprint density at radius 2 is 2.06 bits per heavy atom. The van der Waals surface area contributed by atoms with Crippen molar-refractivity contribution in [2.24, 2.45) is 0 Å². The van der Waals surface area contributed by atoms with E-state index in [0.29, 0.717) is 0 Å². The zero-order valence-electron chi connectivity index (χ0n) is 9.18. The lowest BCUT2D eigenvalue weighted by molar-refractivity contribution is 0.962. The van der Waals surface area contributed by atoms with Gasteiger partial charge >= 0.3 is 0 Å². The second-order valence-electron chi connectivity index (χ2n) is 3.98. The zero-order valence-corrected chi connectivity index (χ0v) is 9.93. The Morgan fingerprint density at radius 1 is 1.12 bits per heavy atom. The second-order valence-corrected chi connectivity index (χ2v) is 4.41. The molecule has 0 N–H and O–H groups in total. The summed E-state index contributed by atoms with van der Waals surface area (Å²) >= 11 is 5.98. The molecule has 3 heteroatoms. The number of fused-ring (bicyclic) bond motifs is 1. The molecule has 0 aliphatic rings. The number of imidazole rings is 1. The normalized spacial score (nSPS) is 10.9. The number of benzene rings is 1. The van der Waals surface area contributed by atoms with E-state index < -0.39 is 0 Å². The fourth-order valence-electron chi connectivity index (χ4n) is 1.96. The van der Waals surface area contributed by atoms with Gasteiger partial charge in [-0.15, -0.1) is 0 Å². The van der Waals surface area contributed by atoms with E-state index in [-0.39, 0.29) is 0 Å². The third-order valence-electron chi connectivity index (χ3n) is 2.77. The van der Waals surface area contributed by atoms with Crippen molar-refractivity contribution < 1.29 is 0 Å². The molecule has 3 rings (SSSR count). The van der Waals surface area contributed by atoms with Crippen molar-refractivity contribution in [2.45, 2.75) is 6.42 Å². The highest BCUT2D eigenvalue weighted by atomic mass is 35.5. The van der Waals surface area contributed by atoms with Crippen molar-refractivity contribution in [3.8, 4) is 0 Å². The Kier molecular flexibility index (Phi) is 2.57. The van der Waals surface area contributed by atoms with E-state index in [1.807, 2.05) is 42.7 Å². The van der Waals surface area contributed by atoms with Crippen molar-refractivity contribution >= 4 is 17.1 Å². The minimum absolute atomic E-state index is 0.767. The standard InChI is InChI=1S/C14H11ClN2/c15-12-5-3-4-11(8-12)9-14-16-10-13-6-1-2-7-17(13)14/h1-8,10H,9H2. The lowest BCUT2D eigenvalue weighted by Crippen LogP contribution is -1.95. The third kappa shape index (κ3) is 2.04. The first-order valence-corrected chi connectivity index (χ1v) is 5.86. The molecule has 0 aliphatic heterocycles. The van der Waals surface area contributed by atoms with Crippen LogP contribution in [0.1, 0.15) is 11.4 Å². The number of halogens is 1. The van der Waals surface area contributed by atoms with Gasteiger partial charge in [0.05, 0.1) is 11.7 Å². The van der Waals surface area contributed by atoms with E-state index in [0.717, 1.165) is 22.8 Å². The fraction of sp³-hybridized carbons (Fsp3) is 0.0714. The fourth-order valence-corrected chi connectivity index (χ4v) is 2.17. The molecular weight excluding hydrogens is 232 g/mol. The maximum absolute atomic E-state index is 5.98. The Labute approximate surface area is 104 Å². The number of aromatic nitrogens is 2. The minimum atomic E-state index is 0.767. The molecule has 1 aromatic carbocycles. The van der Waals surface area contributed by atoms with Crippen molar-refractivity contribution in [3.63, 3.8) is 0 Å². The summed E-state index contributed by atoms with van der Waals surface area (Å²) in [6, 6.07) is 14.0. The van der Waals surface area contributed by atoms with Crippen LogP contribution in [0, 0.1) is 0 Å². The predicted octanol–water partition coefficient (Wildman–Crippen LogP) is 3.58. The van der Waals surface area contributed by atoms with Crippen LogP contribution in [0.4, 0.5) is 0 Å². The Balaban J connectivity index is 2.00. The Morgan fingerprint density at radius 3 is 2.94 bits per heavy atom. The van der Waals surface area contributed by atoms with Gasteiger partial charge in [0, 0.05) is 17.6 Å². The first kappa shape index (κ1) is 10.4. The van der Waals surface area contributed by atoms with Crippen LogP contribution in [0.2, 0.25) is 5.02 Å².